The van der Waals surface area contributed by atoms with Crippen LogP contribution < -0.4 is 10.5 Å². The lowest BCUT2D eigenvalue weighted by Crippen LogP contribution is -2.55. The zero-order valence-electron chi connectivity index (χ0n) is 12.2. The van der Waals surface area contributed by atoms with Gasteiger partial charge < -0.3 is 10.6 Å². The number of sulfonamides is 1. The summed E-state index contributed by atoms with van der Waals surface area (Å²) in [7, 11) is -1.42. The number of aromatic nitrogens is 2. The monoisotopic (exact) mass is 313 g/mol. The molecule has 2 bridgehead atoms. The van der Waals surface area contributed by atoms with Crippen molar-refractivity contribution in [3.63, 3.8) is 0 Å². The van der Waals surface area contributed by atoms with Crippen molar-refractivity contribution in [3.8, 4) is 0 Å². The molecular formula is C13H23N5O2S. The Morgan fingerprint density at radius 2 is 2.10 bits per heavy atom. The van der Waals surface area contributed by atoms with E-state index in [4.69, 9.17) is 5.73 Å². The number of fused-ring (bicyclic) bond motifs is 2. The van der Waals surface area contributed by atoms with Gasteiger partial charge in [0.1, 0.15) is 0 Å². The van der Waals surface area contributed by atoms with Crippen LogP contribution in [0.3, 0.4) is 0 Å². The molecule has 21 heavy (non-hydrogen) atoms. The highest BCUT2D eigenvalue weighted by Gasteiger charge is 2.37. The van der Waals surface area contributed by atoms with Gasteiger partial charge >= 0.3 is 0 Å². The molecule has 3 heterocycles. The first-order chi connectivity index (χ1) is 10.0. The van der Waals surface area contributed by atoms with Crippen molar-refractivity contribution >= 4 is 10.0 Å². The third-order valence-electron chi connectivity index (χ3n) is 4.83. The molecule has 1 aromatic heterocycles. The Morgan fingerprint density at radius 3 is 2.71 bits per heavy atom. The van der Waals surface area contributed by atoms with Gasteiger partial charge in [0.15, 0.2) is 5.03 Å². The van der Waals surface area contributed by atoms with Crippen molar-refractivity contribution < 1.29 is 8.42 Å². The van der Waals surface area contributed by atoms with Crippen LogP contribution in [0.15, 0.2) is 11.2 Å². The fourth-order valence-corrected chi connectivity index (χ4v) is 5.07. The maximum atomic E-state index is 12.5. The Hall–Kier alpha value is -0.960. The summed E-state index contributed by atoms with van der Waals surface area (Å²) in [5.41, 5.74) is 6.08. The molecule has 0 amide bonds. The van der Waals surface area contributed by atoms with Crippen molar-refractivity contribution in [1.82, 2.24) is 19.8 Å². The highest BCUT2D eigenvalue weighted by Crippen LogP contribution is 2.33. The summed E-state index contributed by atoms with van der Waals surface area (Å²) >= 11 is 0. The van der Waals surface area contributed by atoms with E-state index in [9.17, 15) is 8.42 Å². The second-order valence-electron chi connectivity index (χ2n) is 6.12. The van der Waals surface area contributed by atoms with Gasteiger partial charge in [0.25, 0.3) is 10.0 Å². The van der Waals surface area contributed by atoms with Gasteiger partial charge in [0, 0.05) is 30.2 Å². The Labute approximate surface area is 125 Å². The highest BCUT2D eigenvalue weighted by atomic mass is 32.2. The van der Waals surface area contributed by atoms with E-state index in [1.54, 1.807) is 0 Å². The molecule has 7 nitrogen and oxygen atoms in total. The van der Waals surface area contributed by atoms with Crippen molar-refractivity contribution in [3.05, 3.63) is 11.8 Å². The number of aromatic amines is 1. The summed E-state index contributed by atoms with van der Waals surface area (Å²) in [5.74, 6) is 0. The maximum absolute atomic E-state index is 12.5. The topological polar surface area (TPSA) is 104 Å². The lowest BCUT2D eigenvalue weighted by molar-refractivity contribution is 0.0536. The predicted molar refractivity (Wildman–Crippen MR) is 79.0 cm³/mol. The molecule has 2 fully saturated rings. The molecule has 2 saturated heterocycles. The van der Waals surface area contributed by atoms with Gasteiger partial charge in [0.2, 0.25) is 0 Å². The molecular weight excluding hydrogens is 290 g/mol. The van der Waals surface area contributed by atoms with Crippen molar-refractivity contribution in [1.29, 1.82) is 0 Å². The standard InChI is InChI=1S/C13H23N5O2S/c1-18-11-3-2-4-12(18)6-10(5-11)17-21(19,20)13-9(7-14)8-15-16-13/h8,10-12,17H,2-7,14H2,1H3,(H,15,16). The minimum atomic E-state index is -3.57. The fourth-order valence-electron chi connectivity index (χ4n) is 3.67. The van der Waals surface area contributed by atoms with E-state index in [1.807, 2.05) is 0 Å². The lowest BCUT2D eigenvalue weighted by atomic mass is 9.83. The molecule has 0 aromatic carbocycles. The first-order valence-electron chi connectivity index (χ1n) is 7.48. The minimum absolute atomic E-state index is 0.00424. The van der Waals surface area contributed by atoms with Crippen LogP contribution in [0.5, 0.6) is 0 Å². The number of nitrogens with zero attached hydrogens (tertiary/aromatic N) is 2. The van der Waals surface area contributed by atoms with Gasteiger partial charge in [-0.1, -0.05) is 6.42 Å². The molecule has 118 valence electrons. The number of hydrogen-bond donors (Lipinski definition) is 3. The molecule has 0 spiro atoms. The predicted octanol–water partition coefficient (Wildman–Crippen LogP) is 0.162. The van der Waals surface area contributed by atoms with Crippen molar-refractivity contribution in [2.24, 2.45) is 5.73 Å². The second kappa shape index (κ2) is 5.68. The van der Waals surface area contributed by atoms with Gasteiger partial charge in [-0.25, -0.2) is 13.1 Å². The van der Waals surface area contributed by atoms with Crippen LogP contribution in [0.4, 0.5) is 0 Å². The van der Waals surface area contributed by atoms with Gasteiger partial charge in [-0.2, -0.15) is 5.10 Å². The number of rotatable bonds is 4. The smallest absolute Gasteiger partial charge is 0.258 e. The minimum Gasteiger partial charge on any atom is -0.326 e. The molecule has 8 heteroatoms. The molecule has 3 rings (SSSR count). The normalized spacial score (nSPS) is 30.5. The average molecular weight is 313 g/mol. The van der Waals surface area contributed by atoms with Crippen molar-refractivity contribution in [2.75, 3.05) is 7.05 Å². The van der Waals surface area contributed by atoms with Crippen LogP contribution in [-0.4, -0.2) is 48.7 Å². The maximum Gasteiger partial charge on any atom is 0.258 e. The SMILES string of the molecule is CN1C2CCCC1CC(NS(=O)(=O)c1[nH]ncc1CN)C2. The average Bonchev–Trinajstić information content (AvgIpc) is 2.89. The van der Waals surface area contributed by atoms with E-state index < -0.39 is 10.0 Å². The Kier molecular flexibility index (Phi) is 4.04. The molecule has 4 N–H and O–H groups in total. The van der Waals surface area contributed by atoms with Crippen LogP contribution >= 0.6 is 0 Å². The van der Waals surface area contributed by atoms with Crippen LogP contribution in [0.2, 0.25) is 0 Å². The van der Waals surface area contributed by atoms with Crippen LogP contribution in [0.1, 0.15) is 37.7 Å². The zero-order chi connectivity index (χ0) is 15.0. The zero-order valence-corrected chi connectivity index (χ0v) is 13.1. The molecule has 2 atom stereocenters. The van der Waals surface area contributed by atoms with Gasteiger partial charge in [-0.05, 0) is 32.7 Å². The number of hydrogen-bond acceptors (Lipinski definition) is 5. The van der Waals surface area contributed by atoms with E-state index in [1.165, 1.54) is 12.6 Å². The van der Waals surface area contributed by atoms with Crippen molar-refractivity contribution in [2.45, 2.75) is 61.8 Å². The highest BCUT2D eigenvalue weighted by molar-refractivity contribution is 7.89. The second-order valence-corrected chi connectivity index (χ2v) is 7.77. The van der Waals surface area contributed by atoms with E-state index in [2.05, 4.69) is 26.9 Å². The number of nitrogens with one attached hydrogen (secondary N) is 2. The summed E-state index contributed by atoms with van der Waals surface area (Å²) < 4.78 is 27.8. The van der Waals surface area contributed by atoms with Gasteiger partial charge in [-0.3, -0.25) is 5.10 Å². The third kappa shape index (κ3) is 2.85. The van der Waals surface area contributed by atoms with E-state index >= 15 is 0 Å². The van der Waals surface area contributed by atoms with Gasteiger partial charge in [-0.15, -0.1) is 0 Å². The molecule has 1 aromatic rings. The lowest BCUT2D eigenvalue weighted by Gasteiger charge is -2.47. The first-order valence-corrected chi connectivity index (χ1v) is 8.96. The van der Waals surface area contributed by atoms with E-state index in [0.717, 1.165) is 25.7 Å². The third-order valence-corrected chi connectivity index (χ3v) is 6.36. The summed E-state index contributed by atoms with van der Waals surface area (Å²) in [6, 6.07) is 0.970. The summed E-state index contributed by atoms with van der Waals surface area (Å²) in [6.45, 7) is 0.158. The number of H-pyrrole nitrogens is 1. The van der Waals surface area contributed by atoms with E-state index in [0.29, 0.717) is 17.6 Å². The largest absolute Gasteiger partial charge is 0.326 e. The molecule has 2 aliphatic heterocycles. The van der Waals surface area contributed by atoms with Crippen LogP contribution in [-0.2, 0) is 16.6 Å². The molecule has 0 saturated carbocycles. The van der Waals surface area contributed by atoms with Gasteiger partial charge in [0.05, 0.1) is 6.20 Å². The molecule has 0 aliphatic carbocycles. The number of piperidine rings is 2. The fraction of sp³-hybridized carbons (Fsp3) is 0.769. The Morgan fingerprint density at radius 1 is 1.43 bits per heavy atom. The summed E-state index contributed by atoms with van der Waals surface area (Å²) in [5, 5.41) is 6.45. The summed E-state index contributed by atoms with van der Waals surface area (Å²) in [4.78, 5) is 2.41. The summed E-state index contributed by atoms with van der Waals surface area (Å²) in [6.07, 6.45) is 6.78. The molecule has 0 radical (unpaired) electrons. The number of nitrogens with two attached hydrogens (primary N) is 1. The Bertz CT molecular complexity index is 585. The quantitative estimate of drug-likeness (QED) is 0.734. The molecule has 2 unspecified atom stereocenters. The van der Waals surface area contributed by atoms with E-state index in [-0.39, 0.29) is 17.6 Å². The van der Waals surface area contributed by atoms with Crippen LogP contribution in [0, 0.1) is 0 Å². The Balaban J connectivity index is 1.74. The molecule has 2 aliphatic rings. The first kappa shape index (κ1) is 15.0. The van der Waals surface area contributed by atoms with Crippen LogP contribution in [0.25, 0.3) is 0 Å².